The molecule has 1 N–H and O–H groups in total. The number of amides is 1. The van der Waals surface area contributed by atoms with Crippen LogP contribution >= 0.6 is 34.5 Å². The highest BCUT2D eigenvalue weighted by Gasteiger charge is 2.16. The number of nitro groups is 1. The van der Waals surface area contributed by atoms with Crippen molar-refractivity contribution in [2.24, 2.45) is 0 Å². The fourth-order valence-corrected chi connectivity index (χ4v) is 2.85. The summed E-state index contributed by atoms with van der Waals surface area (Å²) in [6.45, 7) is 0.370. The fraction of sp³-hybridized carbons (Fsp3) is 0.167. The Kier molecular flexibility index (Phi) is 5.11. The van der Waals surface area contributed by atoms with Crippen molar-refractivity contribution < 1.29 is 9.72 Å². The second kappa shape index (κ2) is 6.84. The van der Waals surface area contributed by atoms with Crippen LogP contribution in [0, 0.1) is 10.1 Å². The van der Waals surface area contributed by atoms with Crippen LogP contribution < -0.4 is 5.32 Å². The van der Waals surface area contributed by atoms with E-state index in [1.54, 1.807) is 6.07 Å². The molecule has 6 nitrogen and oxygen atoms in total. The summed E-state index contributed by atoms with van der Waals surface area (Å²) < 4.78 is 0.683. The van der Waals surface area contributed by atoms with Gasteiger partial charge < -0.3 is 5.32 Å². The summed E-state index contributed by atoms with van der Waals surface area (Å²) in [6.07, 6.45) is 1.62. The van der Waals surface area contributed by atoms with Crippen LogP contribution in [0.3, 0.4) is 0 Å². The van der Waals surface area contributed by atoms with Crippen molar-refractivity contribution in [2.75, 3.05) is 6.54 Å². The average molecular weight is 346 g/mol. The van der Waals surface area contributed by atoms with E-state index in [1.807, 2.05) is 6.07 Å². The lowest BCUT2D eigenvalue weighted by Gasteiger charge is -2.05. The molecule has 1 amide bonds. The Morgan fingerprint density at radius 3 is 2.81 bits per heavy atom. The SMILES string of the molecule is O=C(NCCc1ccc(Cl)s1)c1cc([N+](=O)[O-])cnc1Cl. The zero-order valence-corrected chi connectivity index (χ0v) is 12.8. The van der Waals surface area contributed by atoms with Crippen molar-refractivity contribution in [1.29, 1.82) is 0 Å². The van der Waals surface area contributed by atoms with Gasteiger partial charge in [0.15, 0.2) is 0 Å². The molecule has 0 saturated carbocycles. The van der Waals surface area contributed by atoms with Gasteiger partial charge in [0.25, 0.3) is 11.6 Å². The lowest BCUT2D eigenvalue weighted by molar-refractivity contribution is -0.385. The van der Waals surface area contributed by atoms with Gasteiger partial charge in [0, 0.05) is 17.5 Å². The first-order valence-electron chi connectivity index (χ1n) is 5.79. The van der Waals surface area contributed by atoms with Gasteiger partial charge in [-0.3, -0.25) is 14.9 Å². The Morgan fingerprint density at radius 2 is 2.19 bits per heavy atom. The monoisotopic (exact) mass is 345 g/mol. The molecule has 2 aromatic heterocycles. The van der Waals surface area contributed by atoms with Crippen molar-refractivity contribution in [2.45, 2.75) is 6.42 Å². The van der Waals surface area contributed by atoms with Crippen LogP contribution in [0.25, 0.3) is 0 Å². The van der Waals surface area contributed by atoms with E-state index >= 15 is 0 Å². The summed E-state index contributed by atoms with van der Waals surface area (Å²) in [5.41, 5.74) is -0.301. The number of rotatable bonds is 5. The molecule has 0 bridgehead atoms. The minimum absolute atomic E-state index is 0.0184. The first-order chi connectivity index (χ1) is 9.97. The van der Waals surface area contributed by atoms with Gasteiger partial charge in [-0.15, -0.1) is 11.3 Å². The molecular weight excluding hydrogens is 337 g/mol. The minimum Gasteiger partial charge on any atom is -0.352 e. The van der Waals surface area contributed by atoms with Crippen molar-refractivity contribution >= 4 is 46.1 Å². The molecule has 2 heterocycles. The van der Waals surface area contributed by atoms with E-state index in [0.717, 1.165) is 17.1 Å². The summed E-state index contributed by atoms with van der Waals surface area (Å²) in [7, 11) is 0. The van der Waals surface area contributed by atoms with Crippen LogP contribution in [-0.4, -0.2) is 22.4 Å². The molecule has 2 aromatic rings. The zero-order valence-electron chi connectivity index (χ0n) is 10.5. The van der Waals surface area contributed by atoms with Gasteiger partial charge in [-0.05, 0) is 18.6 Å². The van der Waals surface area contributed by atoms with Gasteiger partial charge >= 0.3 is 0 Å². The van der Waals surface area contributed by atoms with E-state index in [4.69, 9.17) is 23.2 Å². The topological polar surface area (TPSA) is 85.1 Å². The molecular formula is C12H9Cl2N3O3S. The third-order valence-electron chi connectivity index (χ3n) is 2.57. The maximum atomic E-state index is 12.0. The lowest BCUT2D eigenvalue weighted by atomic mass is 10.2. The minimum atomic E-state index is -0.631. The van der Waals surface area contributed by atoms with E-state index in [9.17, 15) is 14.9 Å². The van der Waals surface area contributed by atoms with Crippen LogP contribution in [0.1, 0.15) is 15.2 Å². The second-order valence-electron chi connectivity index (χ2n) is 4.00. The smallest absolute Gasteiger partial charge is 0.288 e. The number of carbonyl (C=O) groups excluding carboxylic acids is 1. The molecule has 0 saturated heterocycles. The van der Waals surface area contributed by atoms with Crippen molar-refractivity contribution in [3.8, 4) is 0 Å². The van der Waals surface area contributed by atoms with Crippen LogP contribution in [0.5, 0.6) is 0 Å². The summed E-state index contributed by atoms with van der Waals surface area (Å²) in [4.78, 5) is 26.7. The molecule has 9 heteroatoms. The third kappa shape index (κ3) is 4.13. The molecule has 0 aliphatic rings. The predicted octanol–water partition coefficient (Wildman–Crippen LogP) is 3.33. The van der Waals surface area contributed by atoms with E-state index < -0.39 is 10.8 Å². The van der Waals surface area contributed by atoms with Gasteiger partial charge in [0.05, 0.1) is 14.8 Å². The third-order valence-corrected chi connectivity index (χ3v) is 4.16. The van der Waals surface area contributed by atoms with Gasteiger partial charge in [-0.2, -0.15) is 0 Å². The quantitative estimate of drug-likeness (QED) is 0.511. The van der Waals surface area contributed by atoms with Crippen molar-refractivity contribution in [1.82, 2.24) is 10.3 Å². The number of hydrogen-bond acceptors (Lipinski definition) is 5. The standard InChI is InChI=1S/C12H9Cl2N3O3S/c13-10-2-1-8(21-10)3-4-15-12(18)9-5-7(17(19)20)6-16-11(9)14/h1-2,5-6H,3-4H2,(H,15,18). The zero-order chi connectivity index (χ0) is 15.4. The number of carbonyl (C=O) groups is 1. The highest BCUT2D eigenvalue weighted by molar-refractivity contribution is 7.16. The number of pyridine rings is 1. The number of nitrogens with one attached hydrogen (secondary N) is 1. The molecule has 110 valence electrons. The second-order valence-corrected chi connectivity index (χ2v) is 6.16. The maximum Gasteiger partial charge on any atom is 0.288 e. The Hall–Kier alpha value is -1.70. The molecule has 0 fully saturated rings. The van der Waals surface area contributed by atoms with E-state index in [2.05, 4.69) is 10.3 Å². The molecule has 0 aromatic carbocycles. The van der Waals surface area contributed by atoms with Gasteiger partial charge in [0.1, 0.15) is 11.3 Å². The van der Waals surface area contributed by atoms with Crippen LogP contribution in [0.4, 0.5) is 5.69 Å². The fourth-order valence-electron chi connectivity index (χ4n) is 1.58. The van der Waals surface area contributed by atoms with Crippen LogP contribution in [0.15, 0.2) is 24.4 Å². The van der Waals surface area contributed by atoms with E-state index in [1.165, 1.54) is 11.3 Å². The Balaban J connectivity index is 1.99. The van der Waals surface area contributed by atoms with Gasteiger partial charge in [0.2, 0.25) is 0 Å². The van der Waals surface area contributed by atoms with E-state index in [0.29, 0.717) is 17.3 Å². The molecule has 0 radical (unpaired) electrons. The number of thiophene rings is 1. The number of aromatic nitrogens is 1. The first-order valence-corrected chi connectivity index (χ1v) is 7.37. The molecule has 0 unspecified atom stereocenters. The normalized spacial score (nSPS) is 10.4. The Bertz CT molecular complexity index is 690. The number of hydrogen-bond donors (Lipinski definition) is 1. The molecule has 21 heavy (non-hydrogen) atoms. The highest BCUT2D eigenvalue weighted by atomic mass is 35.5. The number of halogens is 2. The Morgan fingerprint density at radius 1 is 1.43 bits per heavy atom. The lowest BCUT2D eigenvalue weighted by Crippen LogP contribution is -2.26. The summed E-state index contributed by atoms with van der Waals surface area (Å²) in [6, 6.07) is 4.76. The van der Waals surface area contributed by atoms with Gasteiger partial charge in [-0.1, -0.05) is 23.2 Å². The van der Waals surface area contributed by atoms with Crippen LogP contribution in [0.2, 0.25) is 9.49 Å². The van der Waals surface area contributed by atoms with E-state index in [-0.39, 0.29) is 16.4 Å². The summed E-state index contributed by atoms with van der Waals surface area (Å²) in [5.74, 6) is -0.501. The average Bonchev–Trinajstić information content (AvgIpc) is 2.84. The maximum absolute atomic E-state index is 12.0. The molecule has 0 spiro atoms. The summed E-state index contributed by atoms with van der Waals surface area (Å²) in [5, 5.41) is 13.2. The first kappa shape index (κ1) is 15.7. The predicted molar refractivity (Wildman–Crippen MR) is 81.3 cm³/mol. The largest absolute Gasteiger partial charge is 0.352 e. The molecule has 0 aliphatic carbocycles. The van der Waals surface area contributed by atoms with Crippen molar-refractivity contribution in [3.63, 3.8) is 0 Å². The van der Waals surface area contributed by atoms with Gasteiger partial charge in [-0.25, -0.2) is 4.98 Å². The highest BCUT2D eigenvalue weighted by Crippen LogP contribution is 2.22. The van der Waals surface area contributed by atoms with Crippen molar-refractivity contribution in [3.05, 3.63) is 54.4 Å². The Labute approximate surface area is 133 Å². The molecule has 2 rings (SSSR count). The number of nitrogens with zero attached hydrogens (tertiary/aromatic N) is 2. The summed E-state index contributed by atoms with van der Waals surface area (Å²) >= 11 is 13.0. The molecule has 0 aliphatic heterocycles. The van der Waals surface area contributed by atoms with Crippen LogP contribution in [-0.2, 0) is 6.42 Å². The molecule has 0 atom stereocenters.